The summed E-state index contributed by atoms with van der Waals surface area (Å²) >= 11 is 2.15. The van der Waals surface area contributed by atoms with Gasteiger partial charge in [0, 0.05) is 9.13 Å². The van der Waals surface area contributed by atoms with Crippen LogP contribution in [0.2, 0.25) is 0 Å². The maximum absolute atomic E-state index is 12.1. The van der Waals surface area contributed by atoms with Gasteiger partial charge in [-0.3, -0.25) is 20.4 Å². The summed E-state index contributed by atoms with van der Waals surface area (Å²) in [6.45, 7) is 0.0856. The Balaban J connectivity index is 1.56. The van der Waals surface area contributed by atoms with Crippen molar-refractivity contribution in [2.75, 3.05) is 6.61 Å². The average molecular weight is 424 g/mol. The van der Waals surface area contributed by atoms with Crippen LogP contribution < -0.4 is 20.3 Å². The van der Waals surface area contributed by atoms with Crippen LogP contribution in [0.25, 0.3) is 0 Å². The fourth-order valence-electron chi connectivity index (χ4n) is 2.02. The molecule has 0 saturated carbocycles. The minimum Gasteiger partial charge on any atom is -0.485 e. The number of nitrogens with one attached hydrogen (secondary N) is 2. The van der Waals surface area contributed by atoms with Crippen LogP contribution in [-0.4, -0.2) is 24.5 Å². The number of carbonyl (C=O) groups excluding carboxylic acids is 2. The maximum atomic E-state index is 12.1. The summed E-state index contributed by atoms with van der Waals surface area (Å²) < 4.78 is 12.0. The fraction of sp³-hybridized carbons (Fsp3) is 0.125. The van der Waals surface area contributed by atoms with Gasteiger partial charge in [-0.1, -0.05) is 12.1 Å². The monoisotopic (exact) mass is 424 g/mol. The number of ether oxygens (including phenoxy) is 2. The Hall–Kier alpha value is -2.29. The summed E-state index contributed by atoms with van der Waals surface area (Å²) in [6.07, 6.45) is -0.818. The largest absolute Gasteiger partial charge is 0.485 e. The van der Waals surface area contributed by atoms with Gasteiger partial charge < -0.3 is 9.47 Å². The summed E-state index contributed by atoms with van der Waals surface area (Å²) in [4.78, 5) is 24.0. The van der Waals surface area contributed by atoms with Gasteiger partial charge in [-0.05, 0) is 59.0 Å². The first-order chi connectivity index (χ1) is 11.1. The standard InChI is InChI=1S/C16H13IN2O4/c17-11-7-5-10(6-8-11)15(20)18-19-16(21)14-9-22-12-3-1-2-4-13(12)23-14/h1-8,14H,9H2,(H,18,20)(H,19,21). The number of para-hydroxylation sites is 2. The van der Waals surface area contributed by atoms with E-state index in [0.717, 1.165) is 3.57 Å². The molecule has 23 heavy (non-hydrogen) atoms. The molecule has 1 heterocycles. The quantitative estimate of drug-likeness (QED) is 0.571. The minimum absolute atomic E-state index is 0.0856. The molecule has 118 valence electrons. The SMILES string of the molecule is O=C(NNC(=O)C1COc2ccccc2O1)c1ccc(I)cc1. The lowest BCUT2D eigenvalue weighted by Crippen LogP contribution is -2.50. The molecular weight excluding hydrogens is 411 g/mol. The first kappa shape index (κ1) is 15.6. The second kappa shape index (κ2) is 6.86. The summed E-state index contributed by atoms with van der Waals surface area (Å²) in [6, 6.07) is 14.1. The number of hydrazine groups is 1. The number of halogens is 1. The highest BCUT2D eigenvalue weighted by Gasteiger charge is 2.27. The third-order valence-corrected chi connectivity index (χ3v) is 3.93. The molecule has 6 nitrogen and oxygen atoms in total. The van der Waals surface area contributed by atoms with Crippen LogP contribution in [0.15, 0.2) is 48.5 Å². The van der Waals surface area contributed by atoms with E-state index in [1.165, 1.54) is 0 Å². The van der Waals surface area contributed by atoms with E-state index in [4.69, 9.17) is 9.47 Å². The van der Waals surface area contributed by atoms with Gasteiger partial charge in [-0.2, -0.15) is 0 Å². The van der Waals surface area contributed by atoms with Gasteiger partial charge in [0.05, 0.1) is 0 Å². The summed E-state index contributed by atoms with van der Waals surface area (Å²) in [5.41, 5.74) is 5.17. The Bertz CT molecular complexity index is 733. The Morgan fingerprint density at radius 1 is 1.00 bits per heavy atom. The van der Waals surface area contributed by atoms with E-state index in [2.05, 4.69) is 33.4 Å². The van der Waals surface area contributed by atoms with E-state index in [-0.39, 0.29) is 6.61 Å². The summed E-state index contributed by atoms with van der Waals surface area (Å²) in [5, 5.41) is 0. The van der Waals surface area contributed by atoms with Crippen LogP contribution in [0.5, 0.6) is 11.5 Å². The van der Waals surface area contributed by atoms with Gasteiger partial charge in [0.15, 0.2) is 11.5 Å². The molecule has 2 amide bonds. The molecule has 7 heteroatoms. The molecular formula is C16H13IN2O4. The number of rotatable bonds is 2. The number of amides is 2. The second-order valence-electron chi connectivity index (χ2n) is 4.81. The lowest BCUT2D eigenvalue weighted by atomic mass is 10.2. The van der Waals surface area contributed by atoms with Crippen LogP contribution in [-0.2, 0) is 4.79 Å². The van der Waals surface area contributed by atoms with Crippen molar-refractivity contribution in [2.24, 2.45) is 0 Å². The number of fused-ring (bicyclic) bond motifs is 1. The van der Waals surface area contributed by atoms with Crippen molar-refractivity contribution in [3.8, 4) is 11.5 Å². The molecule has 0 spiro atoms. The molecule has 0 radical (unpaired) electrons. The van der Waals surface area contributed by atoms with Crippen LogP contribution in [0.3, 0.4) is 0 Å². The first-order valence-corrected chi connectivity index (χ1v) is 7.95. The van der Waals surface area contributed by atoms with Crippen LogP contribution >= 0.6 is 22.6 Å². The van der Waals surface area contributed by atoms with Gasteiger partial charge in [-0.25, -0.2) is 0 Å². The predicted octanol–water partition coefficient (Wildman–Crippen LogP) is 1.89. The Kier molecular flexibility index (Phi) is 4.65. The van der Waals surface area contributed by atoms with Crippen molar-refractivity contribution in [3.05, 3.63) is 57.7 Å². The second-order valence-corrected chi connectivity index (χ2v) is 6.06. The maximum Gasteiger partial charge on any atom is 0.283 e. The van der Waals surface area contributed by atoms with E-state index in [0.29, 0.717) is 17.1 Å². The third-order valence-electron chi connectivity index (χ3n) is 3.21. The van der Waals surface area contributed by atoms with Crippen molar-refractivity contribution >= 4 is 34.4 Å². The molecule has 2 aromatic carbocycles. The first-order valence-electron chi connectivity index (χ1n) is 6.88. The van der Waals surface area contributed by atoms with Gasteiger partial charge in [0.1, 0.15) is 6.61 Å². The molecule has 0 bridgehead atoms. The van der Waals surface area contributed by atoms with E-state index in [9.17, 15) is 9.59 Å². The molecule has 2 aromatic rings. The smallest absolute Gasteiger partial charge is 0.283 e. The normalized spacial score (nSPS) is 15.6. The van der Waals surface area contributed by atoms with Crippen LogP contribution in [0, 0.1) is 3.57 Å². The van der Waals surface area contributed by atoms with Crippen LogP contribution in [0.4, 0.5) is 0 Å². The zero-order chi connectivity index (χ0) is 16.2. The molecule has 1 atom stereocenters. The van der Waals surface area contributed by atoms with Crippen molar-refractivity contribution in [3.63, 3.8) is 0 Å². The van der Waals surface area contributed by atoms with Crippen molar-refractivity contribution in [1.82, 2.24) is 10.9 Å². The fourth-order valence-corrected chi connectivity index (χ4v) is 2.38. The molecule has 0 aliphatic carbocycles. The lowest BCUT2D eigenvalue weighted by molar-refractivity contribution is -0.131. The molecule has 3 rings (SSSR count). The third kappa shape index (κ3) is 3.73. The average Bonchev–Trinajstić information content (AvgIpc) is 2.59. The highest BCUT2D eigenvalue weighted by Crippen LogP contribution is 2.30. The van der Waals surface area contributed by atoms with Gasteiger partial charge >= 0.3 is 0 Å². The molecule has 2 N–H and O–H groups in total. The zero-order valence-corrected chi connectivity index (χ0v) is 14.1. The Morgan fingerprint density at radius 3 is 2.43 bits per heavy atom. The highest BCUT2D eigenvalue weighted by molar-refractivity contribution is 14.1. The van der Waals surface area contributed by atoms with E-state index >= 15 is 0 Å². The number of hydrogen-bond acceptors (Lipinski definition) is 4. The Morgan fingerprint density at radius 2 is 1.70 bits per heavy atom. The lowest BCUT2D eigenvalue weighted by Gasteiger charge is -2.25. The highest BCUT2D eigenvalue weighted by atomic mass is 127. The van der Waals surface area contributed by atoms with Crippen molar-refractivity contribution in [1.29, 1.82) is 0 Å². The minimum atomic E-state index is -0.818. The number of carbonyl (C=O) groups is 2. The topological polar surface area (TPSA) is 76.7 Å². The van der Waals surface area contributed by atoms with E-state index in [1.807, 2.05) is 18.2 Å². The van der Waals surface area contributed by atoms with Crippen molar-refractivity contribution < 1.29 is 19.1 Å². The molecule has 0 saturated heterocycles. The van der Waals surface area contributed by atoms with Crippen LogP contribution in [0.1, 0.15) is 10.4 Å². The Labute approximate surface area is 146 Å². The van der Waals surface area contributed by atoms with E-state index in [1.54, 1.807) is 30.3 Å². The summed E-state index contributed by atoms with van der Waals surface area (Å²) in [5.74, 6) is 0.229. The molecule has 0 aromatic heterocycles. The zero-order valence-electron chi connectivity index (χ0n) is 11.9. The molecule has 1 unspecified atom stereocenters. The molecule has 1 aliphatic rings. The number of benzene rings is 2. The van der Waals surface area contributed by atoms with Crippen molar-refractivity contribution in [2.45, 2.75) is 6.10 Å². The number of hydrogen-bond donors (Lipinski definition) is 2. The van der Waals surface area contributed by atoms with Gasteiger partial charge in [-0.15, -0.1) is 0 Å². The molecule has 1 aliphatic heterocycles. The summed E-state index contributed by atoms with van der Waals surface area (Å²) in [7, 11) is 0. The molecule has 0 fully saturated rings. The predicted molar refractivity (Wildman–Crippen MR) is 91.1 cm³/mol. The van der Waals surface area contributed by atoms with Gasteiger partial charge in [0.2, 0.25) is 6.10 Å². The van der Waals surface area contributed by atoms with E-state index < -0.39 is 17.9 Å². The van der Waals surface area contributed by atoms with Gasteiger partial charge in [0.25, 0.3) is 11.8 Å².